The van der Waals surface area contributed by atoms with E-state index in [0.717, 1.165) is 12.1 Å². The van der Waals surface area contributed by atoms with E-state index in [2.05, 4.69) is 5.32 Å². The van der Waals surface area contributed by atoms with Gasteiger partial charge in [-0.15, -0.1) is 0 Å². The Kier molecular flexibility index (Phi) is 8.78. The fourth-order valence-electron chi connectivity index (χ4n) is 1.41. The summed E-state index contributed by atoms with van der Waals surface area (Å²) in [6.07, 6.45) is 0.836. The lowest BCUT2D eigenvalue weighted by atomic mass is 10.3. The maximum absolute atomic E-state index is 11.4. The monoisotopic (exact) mass is 301 g/mol. The highest BCUT2D eigenvalue weighted by Gasteiger charge is 2.02. The summed E-state index contributed by atoms with van der Waals surface area (Å²) in [5, 5.41) is 3.61. The molecule has 0 aliphatic rings. The molecule has 0 saturated carbocycles. The molecule has 0 saturated heterocycles. The minimum Gasteiger partial charge on any atom is -0.462 e. The summed E-state index contributed by atoms with van der Waals surface area (Å²) in [6.45, 7) is 2.05. The van der Waals surface area contributed by atoms with Crippen LogP contribution in [0.1, 0.15) is 6.42 Å². The number of hydrogen-bond acceptors (Lipinski definition) is 5. The Bertz CT molecular complexity index is 383. The Morgan fingerprint density at radius 1 is 1.15 bits per heavy atom. The molecule has 0 aromatic heterocycles. The highest BCUT2D eigenvalue weighted by atomic mass is 35.5. The maximum atomic E-state index is 11.4. The van der Waals surface area contributed by atoms with Crippen LogP contribution in [0.15, 0.2) is 24.3 Å². The molecule has 1 aromatic rings. The first kappa shape index (κ1) is 16.8. The number of halogens is 1. The zero-order chi connectivity index (χ0) is 14.6. The second-order valence-corrected chi connectivity index (χ2v) is 4.48. The van der Waals surface area contributed by atoms with Crippen LogP contribution < -0.4 is 5.32 Å². The maximum Gasteiger partial charge on any atom is 0.325 e. The van der Waals surface area contributed by atoms with Gasteiger partial charge in [-0.2, -0.15) is 0 Å². The molecule has 20 heavy (non-hydrogen) atoms. The number of esters is 1. The summed E-state index contributed by atoms with van der Waals surface area (Å²) in [6, 6.07) is 7.11. The van der Waals surface area contributed by atoms with Crippen LogP contribution in [-0.4, -0.2) is 46.1 Å². The number of hydrogen-bond donors (Lipinski definition) is 1. The number of benzene rings is 1. The van der Waals surface area contributed by atoms with Crippen molar-refractivity contribution < 1.29 is 19.0 Å². The van der Waals surface area contributed by atoms with E-state index in [9.17, 15) is 4.79 Å². The van der Waals surface area contributed by atoms with Gasteiger partial charge in [-0.1, -0.05) is 11.6 Å². The molecule has 6 heteroatoms. The Balaban J connectivity index is 2.01. The van der Waals surface area contributed by atoms with Crippen LogP contribution in [0.2, 0.25) is 5.02 Å². The lowest BCUT2D eigenvalue weighted by molar-refractivity contribution is -0.143. The van der Waals surface area contributed by atoms with Crippen LogP contribution in [0.4, 0.5) is 5.69 Å². The van der Waals surface area contributed by atoms with Crippen molar-refractivity contribution >= 4 is 23.3 Å². The predicted molar refractivity (Wildman–Crippen MR) is 78.2 cm³/mol. The predicted octanol–water partition coefficient (Wildman–Crippen LogP) is 2.35. The third kappa shape index (κ3) is 7.99. The van der Waals surface area contributed by atoms with Crippen molar-refractivity contribution in [2.24, 2.45) is 0 Å². The van der Waals surface area contributed by atoms with E-state index in [1.54, 1.807) is 31.4 Å². The number of carbonyl (C=O) groups is 1. The quantitative estimate of drug-likeness (QED) is 0.531. The number of methoxy groups -OCH3 is 1. The summed E-state index contributed by atoms with van der Waals surface area (Å²) in [5.41, 5.74) is 0.821. The molecule has 0 fully saturated rings. The Morgan fingerprint density at radius 3 is 2.60 bits per heavy atom. The molecule has 0 aliphatic carbocycles. The first-order valence-corrected chi connectivity index (χ1v) is 6.82. The standard InChI is InChI=1S/C14H20ClNO4/c1-18-7-2-8-19-9-10-20-14(17)11-16-13-5-3-12(15)4-6-13/h3-6,16H,2,7-11H2,1H3. The van der Waals surface area contributed by atoms with Crippen LogP contribution in [0, 0.1) is 0 Å². The van der Waals surface area contributed by atoms with E-state index in [1.807, 2.05) is 0 Å². The summed E-state index contributed by atoms with van der Waals surface area (Å²) in [5.74, 6) is -0.319. The Morgan fingerprint density at radius 2 is 1.90 bits per heavy atom. The van der Waals surface area contributed by atoms with Gasteiger partial charge in [-0.3, -0.25) is 4.79 Å². The molecule has 0 atom stereocenters. The van der Waals surface area contributed by atoms with Crippen LogP contribution >= 0.6 is 11.6 Å². The Hall–Kier alpha value is -1.30. The number of carbonyl (C=O) groups excluding carboxylic acids is 1. The molecule has 0 unspecified atom stereocenters. The van der Waals surface area contributed by atoms with Crippen molar-refractivity contribution in [2.45, 2.75) is 6.42 Å². The molecule has 5 nitrogen and oxygen atoms in total. The van der Waals surface area contributed by atoms with Crippen molar-refractivity contribution in [3.63, 3.8) is 0 Å². The normalized spacial score (nSPS) is 10.3. The van der Waals surface area contributed by atoms with E-state index in [0.29, 0.717) is 24.8 Å². The van der Waals surface area contributed by atoms with E-state index >= 15 is 0 Å². The van der Waals surface area contributed by atoms with Crippen LogP contribution in [0.3, 0.4) is 0 Å². The van der Waals surface area contributed by atoms with Crippen LogP contribution in [0.5, 0.6) is 0 Å². The first-order chi connectivity index (χ1) is 9.72. The van der Waals surface area contributed by atoms with Gasteiger partial charge in [0.15, 0.2) is 0 Å². The average molecular weight is 302 g/mol. The minimum atomic E-state index is -0.319. The summed E-state index contributed by atoms with van der Waals surface area (Å²) in [4.78, 5) is 11.4. The fourth-order valence-corrected chi connectivity index (χ4v) is 1.54. The van der Waals surface area contributed by atoms with Gasteiger partial charge in [0.2, 0.25) is 0 Å². The number of anilines is 1. The number of nitrogens with one attached hydrogen (secondary N) is 1. The highest BCUT2D eigenvalue weighted by Crippen LogP contribution is 2.12. The average Bonchev–Trinajstić information content (AvgIpc) is 2.46. The highest BCUT2D eigenvalue weighted by molar-refractivity contribution is 6.30. The van der Waals surface area contributed by atoms with Crippen LogP contribution in [0.25, 0.3) is 0 Å². The molecule has 0 bridgehead atoms. The van der Waals surface area contributed by atoms with Gasteiger partial charge in [-0.25, -0.2) is 0 Å². The van der Waals surface area contributed by atoms with Gasteiger partial charge in [0.1, 0.15) is 13.2 Å². The molecule has 0 radical (unpaired) electrons. The van der Waals surface area contributed by atoms with Gasteiger partial charge in [0, 0.05) is 31.0 Å². The smallest absolute Gasteiger partial charge is 0.325 e. The Labute approximate surface area is 124 Å². The molecular weight excluding hydrogens is 282 g/mol. The molecule has 0 heterocycles. The van der Waals surface area contributed by atoms with Crippen molar-refractivity contribution in [2.75, 3.05) is 45.4 Å². The largest absolute Gasteiger partial charge is 0.462 e. The van der Waals surface area contributed by atoms with E-state index in [4.69, 9.17) is 25.8 Å². The second-order valence-electron chi connectivity index (χ2n) is 4.04. The van der Waals surface area contributed by atoms with Crippen molar-refractivity contribution in [3.8, 4) is 0 Å². The molecule has 0 amide bonds. The lowest BCUT2D eigenvalue weighted by Gasteiger charge is -2.08. The molecule has 1 rings (SSSR count). The van der Waals surface area contributed by atoms with Gasteiger partial charge in [0.05, 0.1) is 6.61 Å². The molecular formula is C14H20ClNO4. The molecule has 112 valence electrons. The third-order valence-corrected chi connectivity index (χ3v) is 2.66. The zero-order valence-electron chi connectivity index (χ0n) is 11.6. The third-order valence-electron chi connectivity index (χ3n) is 2.41. The van der Waals surface area contributed by atoms with Gasteiger partial charge >= 0.3 is 5.97 Å². The minimum absolute atomic E-state index is 0.116. The first-order valence-electron chi connectivity index (χ1n) is 6.44. The van der Waals surface area contributed by atoms with E-state index in [-0.39, 0.29) is 19.1 Å². The molecule has 0 spiro atoms. The van der Waals surface area contributed by atoms with Gasteiger partial charge in [-0.05, 0) is 30.7 Å². The topological polar surface area (TPSA) is 56.8 Å². The van der Waals surface area contributed by atoms with E-state index in [1.165, 1.54) is 0 Å². The second kappa shape index (κ2) is 10.5. The van der Waals surface area contributed by atoms with Crippen LogP contribution in [-0.2, 0) is 19.0 Å². The van der Waals surface area contributed by atoms with Crippen molar-refractivity contribution in [1.82, 2.24) is 0 Å². The van der Waals surface area contributed by atoms with Crippen molar-refractivity contribution in [1.29, 1.82) is 0 Å². The van der Waals surface area contributed by atoms with Crippen molar-refractivity contribution in [3.05, 3.63) is 29.3 Å². The lowest BCUT2D eigenvalue weighted by Crippen LogP contribution is -2.19. The fraction of sp³-hybridized carbons (Fsp3) is 0.500. The summed E-state index contributed by atoms with van der Waals surface area (Å²) >= 11 is 5.76. The SMILES string of the molecule is COCCCOCCOC(=O)CNc1ccc(Cl)cc1. The molecule has 1 aromatic carbocycles. The molecule has 0 aliphatic heterocycles. The van der Waals surface area contributed by atoms with E-state index < -0.39 is 0 Å². The summed E-state index contributed by atoms with van der Waals surface area (Å²) in [7, 11) is 1.65. The number of ether oxygens (including phenoxy) is 3. The molecule has 1 N–H and O–H groups in total. The van der Waals surface area contributed by atoms with Gasteiger partial charge in [0.25, 0.3) is 0 Å². The number of rotatable bonds is 10. The van der Waals surface area contributed by atoms with Gasteiger partial charge < -0.3 is 19.5 Å². The summed E-state index contributed by atoms with van der Waals surface area (Å²) < 4.78 is 15.2. The zero-order valence-corrected chi connectivity index (χ0v) is 12.3.